The third-order valence-corrected chi connectivity index (χ3v) is 3.68. The Bertz CT molecular complexity index is 564. The Hall–Kier alpha value is -1.19. The number of nitrogens with zero attached hydrogens (tertiary/aromatic N) is 2. The summed E-state index contributed by atoms with van der Waals surface area (Å²) in [6.07, 6.45) is 6.01. The van der Waals surface area contributed by atoms with Gasteiger partial charge in [-0.25, -0.2) is 4.98 Å². The highest BCUT2D eigenvalue weighted by molar-refractivity contribution is 6.35. The fourth-order valence-corrected chi connectivity index (χ4v) is 2.23. The second kappa shape index (κ2) is 6.31. The summed E-state index contributed by atoms with van der Waals surface area (Å²) >= 11 is 12.3. The van der Waals surface area contributed by atoms with Crippen molar-refractivity contribution in [1.29, 1.82) is 0 Å². The standard InChI is InChI=1S/C14H17Cl2N3/c1-3-4-6-19-7-5-17-14(19)18-13-9-11(15)10(2)8-12(13)16/h5,7-9H,3-4,6H2,1-2H3,(H,17,18). The molecule has 0 aliphatic rings. The van der Waals surface area contributed by atoms with Crippen molar-refractivity contribution in [2.24, 2.45) is 0 Å². The number of hydrogen-bond donors (Lipinski definition) is 1. The van der Waals surface area contributed by atoms with Crippen LogP contribution < -0.4 is 5.32 Å². The van der Waals surface area contributed by atoms with Gasteiger partial charge in [-0.3, -0.25) is 0 Å². The SMILES string of the molecule is CCCCn1ccnc1Nc1cc(Cl)c(C)cc1Cl. The molecule has 0 aliphatic heterocycles. The van der Waals surface area contributed by atoms with Crippen LogP contribution in [0.3, 0.4) is 0 Å². The Balaban J connectivity index is 2.21. The number of imidazole rings is 1. The molecule has 0 radical (unpaired) electrons. The van der Waals surface area contributed by atoms with E-state index in [9.17, 15) is 0 Å². The van der Waals surface area contributed by atoms with Crippen LogP contribution in [0.5, 0.6) is 0 Å². The van der Waals surface area contributed by atoms with Crippen molar-refractivity contribution in [2.45, 2.75) is 33.2 Å². The van der Waals surface area contributed by atoms with Crippen molar-refractivity contribution in [3.63, 3.8) is 0 Å². The number of benzene rings is 1. The summed E-state index contributed by atoms with van der Waals surface area (Å²) in [5.74, 6) is 0.787. The number of aryl methyl sites for hydroxylation is 2. The molecule has 5 heteroatoms. The van der Waals surface area contributed by atoms with E-state index in [1.54, 1.807) is 6.20 Å². The van der Waals surface area contributed by atoms with Crippen molar-refractivity contribution in [3.05, 3.63) is 40.1 Å². The van der Waals surface area contributed by atoms with Crippen LogP contribution in [-0.2, 0) is 6.54 Å². The molecule has 0 atom stereocenters. The topological polar surface area (TPSA) is 29.9 Å². The van der Waals surface area contributed by atoms with E-state index in [1.165, 1.54) is 0 Å². The molecule has 1 heterocycles. The molecule has 0 saturated heterocycles. The fraction of sp³-hybridized carbons (Fsp3) is 0.357. The van der Waals surface area contributed by atoms with E-state index in [0.29, 0.717) is 10.0 Å². The molecule has 0 amide bonds. The predicted molar refractivity (Wildman–Crippen MR) is 81.6 cm³/mol. The number of unbranched alkanes of at least 4 members (excludes halogenated alkanes) is 1. The summed E-state index contributed by atoms with van der Waals surface area (Å²) in [6.45, 7) is 5.04. The average Bonchev–Trinajstić information content (AvgIpc) is 2.81. The molecule has 0 bridgehead atoms. The van der Waals surface area contributed by atoms with Gasteiger partial charge in [-0.1, -0.05) is 36.5 Å². The van der Waals surface area contributed by atoms with Gasteiger partial charge in [0.05, 0.1) is 10.7 Å². The lowest BCUT2D eigenvalue weighted by atomic mass is 10.2. The minimum Gasteiger partial charge on any atom is -0.324 e. The van der Waals surface area contributed by atoms with Crippen molar-refractivity contribution in [1.82, 2.24) is 9.55 Å². The van der Waals surface area contributed by atoms with E-state index in [4.69, 9.17) is 23.2 Å². The maximum atomic E-state index is 6.22. The first-order chi connectivity index (χ1) is 9.11. The molecule has 102 valence electrons. The summed E-state index contributed by atoms with van der Waals surface area (Å²) in [7, 11) is 0. The number of anilines is 2. The minimum absolute atomic E-state index is 0.645. The van der Waals surface area contributed by atoms with Crippen LogP contribution in [-0.4, -0.2) is 9.55 Å². The van der Waals surface area contributed by atoms with E-state index in [1.807, 2.05) is 25.3 Å². The number of nitrogens with one attached hydrogen (secondary N) is 1. The van der Waals surface area contributed by atoms with Crippen molar-refractivity contribution in [3.8, 4) is 0 Å². The molecule has 0 aliphatic carbocycles. The molecule has 19 heavy (non-hydrogen) atoms. The number of aromatic nitrogens is 2. The molecule has 1 aromatic carbocycles. The summed E-state index contributed by atoms with van der Waals surface area (Å²) in [6, 6.07) is 3.68. The molecule has 1 N–H and O–H groups in total. The molecule has 2 aromatic rings. The first-order valence-electron chi connectivity index (χ1n) is 6.35. The van der Waals surface area contributed by atoms with Gasteiger partial charge < -0.3 is 9.88 Å². The lowest BCUT2D eigenvalue weighted by Gasteiger charge is -2.12. The third kappa shape index (κ3) is 3.43. The highest BCUT2D eigenvalue weighted by Gasteiger charge is 2.08. The highest BCUT2D eigenvalue weighted by atomic mass is 35.5. The molecule has 0 saturated carbocycles. The van der Waals surface area contributed by atoms with Crippen molar-refractivity contribution in [2.75, 3.05) is 5.32 Å². The van der Waals surface area contributed by atoms with Gasteiger partial charge in [0, 0.05) is 24.0 Å². The average molecular weight is 298 g/mol. The summed E-state index contributed by atoms with van der Waals surface area (Å²) in [4.78, 5) is 4.31. The van der Waals surface area contributed by atoms with Gasteiger partial charge in [-0.05, 0) is 31.0 Å². The van der Waals surface area contributed by atoms with Crippen LogP contribution in [0.4, 0.5) is 11.6 Å². The van der Waals surface area contributed by atoms with E-state index >= 15 is 0 Å². The monoisotopic (exact) mass is 297 g/mol. The smallest absolute Gasteiger partial charge is 0.207 e. The second-order valence-electron chi connectivity index (χ2n) is 4.50. The molecular formula is C14H17Cl2N3. The molecule has 0 unspecified atom stereocenters. The zero-order valence-corrected chi connectivity index (χ0v) is 12.6. The fourth-order valence-electron chi connectivity index (χ4n) is 1.80. The molecule has 2 rings (SSSR count). The Morgan fingerprint density at radius 1 is 1.26 bits per heavy atom. The molecule has 0 spiro atoms. The Labute approximate surface area is 123 Å². The molecule has 3 nitrogen and oxygen atoms in total. The van der Waals surface area contributed by atoms with Gasteiger partial charge in [-0.15, -0.1) is 0 Å². The summed E-state index contributed by atoms with van der Waals surface area (Å²) in [5, 5.41) is 4.57. The second-order valence-corrected chi connectivity index (χ2v) is 5.32. The van der Waals surface area contributed by atoms with Gasteiger partial charge in [0.1, 0.15) is 0 Å². The Morgan fingerprint density at radius 2 is 2.05 bits per heavy atom. The Morgan fingerprint density at radius 3 is 2.79 bits per heavy atom. The first kappa shape index (κ1) is 14.2. The van der Waals surface area contributed by atoms with E-state index < -0.39 is 0 Å². The van der Waals surface area contributed by atoms with Crippen LogP contribution in [0, 0.1) is 6.92 Å². The van der Waals surface area contributed by atoms with E-state index in [2.05, 4.69) is 21.8 Å². The van der Waals surface area contributed by atoms with Crippen LogP contribution in [0.1, 0.15) is 25.3 Å². The zero-order chi connectivity index (χ0) is 13.8. The van der Waals surface area contributed by atoms with E-state index in [-0.39, 0.29) is 0 Å². The Kier molecular flexibility index (Phi) is 4.72. The third-order valence-electron chi connectivity index (χ3n) is 2.96. The van der Waals surface area contributed by atoms with Gasteiger partial charge in [0.2, 0.25) is 5.95 Å². The largest absolute Gasteiger partial charge is 0.324 e. The van der Waals surface area contributed by atoms with Crippen LogP contribution >= 0.6 is 23.2 Å². The minimum atomic E-state index is 0.645. The zero-order valence-electron chi connectivity index (χ0n) is 11.1. The van der Waals surface area contributed by atoms with Crippen LogP contribution in [0.15, 0.2) is 24.5 Å². The molecular weight excluding hydrogens is 281 g/mol. The predicted octanol–water partition coefficient (Wildman–Crippen LogP) is 5.04. The molecule has 0 fully saturated rings. The van der Waals surface area contributed by atoms with Crippen LogP contribution in [0.2, 0.25) is 10.0 Å². The maximum Gasteiger partial charge on any atom is 0.207 e. The normalized spacial score (nSPS) is 10.7. The summed E-state index contributed by atoms with van der Waals surface area (Å²) in [5.41, 5.74) is 1.74. The van der Waals surface area contributed by atoms with Gasteiger partial charge in [0.25, 0.3) is 0 Å². The first-order valence-corrected chi connectivity index (χ1v) is 7.11. The molecule has 1 aromatic heterocycles. The number of hydrogen-bond acceptors (Lipinski definition) is 2. The quantitative estimate of drug-likeness (QED) is 0.837. The maximum absolute atomic E-state index is 6.22. The van der Waals surface area contributed by atoms with Crippen molar-refractivity contribution < 1.29 is 0 Å². The lowest BCUT2D eigenvalue weighted by Crippen LogP contribution is -2.03. The number of rotatable bonds is 5. The van der Waals surface area contributed by atoms with E-state index in [0.717, 1.165) is 36.6 Å². The van der Waals surface area contributed by atoms with Gasteiger partial charge in [-0.2, -0.15) is 0 Å². The van der Waals surface area contributed by atoms with Gasteiger partial charge in [0.15, 0.2) is 0 Å². The van der Waals surface area contributed by atoms with Crippen LogP contribution in [0.25, 0.3) is 0 Å². The summed E-state index contributed by atoms with van der Waals surface area (Å²) < 4.78 is 2.08. The lowest BCUT2D eigenvalue weighted by molar-refractivity contribution is 0.638. The number of halogens is 2. The van der Waals surface area contributed by atoms with Crippen molar-refractivity contribution >= 4 is 34.8 Å². The van der Waals surface area contributed by atoms with Gasteiger partial charge >= 0.3 is 0 Å². The highest BCUT2D eigenvalue weighted by Crippen LogP contribution is 2.30.